The normalized spacial score (nSPS) is 21.5. The Labute approximate surface area is 80.5 Å². The van der Waals surface area contributed by atoms with Gasteiger partial charge in [-0.2, -0.15) is 0 Å². The van der Waals surface area contributed by atoms with Gasteiger partial charge in [-0.15, -0.1) is 0 Å². The van der Waals surface area contributed by atoms with Crippen LogP contribution in [0.3, 0.4) is 0 Å². The van der Waals surface area contributed by atoms with Crippen LogP contribution in [-0.4, -0.2) is 37.5 Å². The minimum Gasteiger partial charge on any atom is -0.357 e. The van der Waals surface area contributed by atoms with Crippen molar-refractivity contribution in [2.75, 3.05) is 20.6 Å². The second-order valence-corrected chi connectivity index (χ2v) is 4.18. The van der Waals surface area contributed by atoms with Crippen molar-refractivity contribution in [2.24, 2.45) is 0 Å². The third kappa shape index (κ3) is 2.44. The van der Waals surface area contributed by atoms with Crippen molar-refractivity contribution >= 4 is 6.41 Å². The average Bonchev–Trinajstić information content (AvgIpc) is 2.16. The number of nitrogens with one attached hydrogen (secondary N) is 1. The summed E-state index contributed by atoms with van der Waals surface area (Å²) in [6.45, 7) is 0.795. The minimum absolute atomic E-state index is 0.221. The molecule has 0 aromatic heterocycles. The second kappa shape index (κ2) is 4.61. The van der Waals surface area contributed by atoms with E-state index in [2.05, 4.69) is 24.3 Å². The average molecular weight is 184 g/mol. The van der Waals surface area contributed by atoms with Crippen LogP contribution < -0.4 is 5.32 Å². The highest BCUT2D eigenvalue weighted by atomic mass is 16.1. The predicted molar refractivity (Wildman–Crippen MR) is 53.6 cm³/mol. The Bertz CT molecular complexity index is 162. The summed E-state index contributed by atoms with van der Waals surface area (Å²) in [4.78, 5) is 12.5. The first-order valence-electron chi connectivity index (χ1n) is 5.06. The molecule has 76 valence electrons. The summed E-state index contributed by atoms with van der Waals surface area (Å²) in [7, 11) is 4.22. The number of carbonyl (C=O) groups is 1. The van der Waals surface area contributed by atoms with Gasteiger partial charge >= 0.3 is 0 Å². The zero-order valence-electron chi connectivity index (χ0n) is 8.68. The van der Waals surface area contributed by atoms with Crippen LogP contribution in [0.2, 0.25) is 0 Å². The predicted octanol–water partition coefficient (Wildman–Crippen LogP) is 0.997. The molecule has 0 aromatic rings. The lowest BCUT2D eigenvalue weighted by Crippen LogP contribution is -2.52. The van der Waals surface area contributed by atoms with Gasteiger partial charge in [-0.05, 0) is 26.9 Å². The van der Waals surface area contributed by atoms with Crippen molar-refractivity contribution in [1.82, 2.24) is 10.2 Å². The number of amides is 1. The molecule has 0 bridgehead atoms. The lowest BCUT2D eigenvalue weighted by atomic mass is 9.80. The molecule has 1 aliphatic carbocycles. The third-order valence-electron chi connectivity index (χ3n) is 3.25. The van der Waals surface area contributed by atoms with Crippen molar-refractivity contribution in [2.45, 2.75) is 37.6 Å². The third-order valence-corrected chi connectivity index (χ3v) is 3.25. The van der Waals surface area contributed by atoms with E-state index in [4.69, 9.17) is 0 Å². The van der Waals surface area contributed by atoms with E-state index in [1.54, 1.807) is 0 Å². The number of hydrogen-bond acceptors (Lipinski definition) is 2. The fourth-order valence-corrected chi connectivity index (χ4v) is 2.22. The molecule has 3 nitrogen and oxygen atoms in total. The smallest absolute Gasteiger partial charge is 0.207 e. The van der Waals surface area contributed by atoms with Gasteiger partial charge in [0, 0.05) is 12.1 Å². The molecule has 1 saturated carbocycles. The Hall–Kier alpha value is -0.570. The second-order valence-electron chi connectivity index (χ2n) is 4.18. The maximum absolute atomic E-state index is 10.3. The summed E-state index contributed by atoms with van der Waals surface area (Å²) in [6.07, 6.45) is 7.15. The maximum Gasteiger partial charge on any atom is 0.207 e. The first kappa shape index (κ1) is 10.5. The van der Waals surface area contributed by atoms with Crippen LogP contribution in [0.1, 0.15) is 32.1 Å². The van der Waals surface area contributed by atoms with E-state index in [1.807, 2.05) is 0 Å². The number of carbonyl (C=O) groups excluding carboxylic acids is 1. The lowest BCUT2D eigenvalue weighted by Gasteiger charge is -2.42. The standard InChI is InChI=1S/C10H20N2O/c1-12(2)10(8-11-9-13)6-4-3-5-7-10/h9H,3-8H2,1-2H3,(H,11,13). The van der Waals surface area contributed by atoms with Crippen molar-refractivity contribution in [3.05, 3.63) is 0 Å². The molecular weight excluding hydrogens is 164 g/mol. The van der Waals surface area contributed by atoms with Crippen LogP contribution in [0.4, 0.5) is 0 Å². The fraction of sp³-hybridized carbons (Fsp3) is 0.900. The van der Waals surface area contributed by atoms with Crippen LogP contribution in [0.25, 0.3) is 0 Å². The molecule has 1 rings (SSSR count). The molecule has 3 heteroatoms. The minimum atomic E-state index is 0.221. The zero-order chi connectivity index (χ0) is 9.73. The van der Waals surface area contributed by atoms with Gasteiger partial charge in [0.1, 0.15) is 0 Å². The molecule has 1 amide bonds. The summed E-state index contributed by atoms with van der Waals surface area (Å²) in [5.74, 6) is 0. The monoisotopic (exact) mass is 184 g/mol. The van der Waals surface area contributed by atoms with Crippen LogP contribution in [0.15, 0.2) is 0 Å². The largest absolute Gasteiger partial charge is 0.357 e. The Morgan fingerprint density at radius 1 is 1.31 bits per heavy atom. The lowest BCUT2D eigenvalue weighted by molar-refractivity contribution is -0.110. The topological polar surface area (TPSA) is 32.3 Å². The zero-order valence-corrected chi connectivity index (χ0v) is 8.68. The number of rotatable bonds is 4. The van der Waals surface area contributed by atoms with Gasteiger partial charge in [0.15, 0.2) is 0 Å². The number of hydrogen-bond donors (Lipinski definition) is 1. The van der Waals surface area contributed by atoms with Gasteiger partial charge in [-0.1, -0.05) is 19.3 Å². The number of nitrogens with zero attached hydrogens (tertiary/aromatic N) is 1. The Kier molecular flexibility index (Phi) is 3.72. The van der Waals surface area contributed by atoms with Gasteiger partial charge < -0.3 is 10.2 Å². The molecule has 0 radical (unpaired) electrons. The quantitative estimate of drug-likeness (QED) is 0.661. The molecule has 0 unspecified atom stereocenters. The first-order chi connectivity index (χ1) is 6.21. The molecule has 0 saturated heterocycles. The van der Waals surface area contributed by atoms with Crippen molar-refractivity contribution in [3.8, 4) is 0 Å². The van der Waals surface area contributed by atoms with Gasteiger partial charge in [0.25, 0.3) is 0 Å². The molecule has 0 atom stereocenters. The number of likely N-dealkylation sites (N-methyl/N-ethyl adjacent to an activating group) is 1. The summed E-state index contributed by atoms with van der Waals surface area (Å²) in [5.41, 5.74) is 0.221. The molecular formula is C10H20N2O. The Morgan fingerprint density at radius 3 is 2.38 bits per heavy atom. The van der Waals surface area contributed by atoms with Crippen LogP contribution in [0.5, 0.6) is 0 Å². The van der Waals surface area contributed by atoms with Crippen molar-refractivity contribution in [1.29, 1.82) is 0 Å². The highest BCUT2D eigenvalue weighted by Crippen LogP contribution is 2.31. The van der Waals surface area contributed by atoms with Gasteiger partial charge in [0.2, 0.25) is 6.41 Å². The van der Waals surface area contributed by atoms with Gasteiger partial charge in [0.05, 0.1) is 0 Å². The van der Waals surface area contributed by atoms with E-state index in [1.165, 1.54) is 32.1 Å². The van der Waals surface area contributed by atoms with E-state index in [0.29, 0.717) is 0 Å². The molecule has 1 fully saturated rings. The first-order valence-corrected chi connectivity index (χ1v) is 5.06. The summed E-state index contributed by atoms with van der Waals surface area (Å²) >= 11 is 0. The molecule has 0 aromatic carbocycles. The van der Waals surface area contributed by atoms with E-state index >= 15 is 0 Å². The van der Waals surface area contributed by atoms with Crippen molar-refractivity contribution < 1.29 is 4.79 Å². The highest BCUT2D eigenvalue weighted by molar-refractivity contribution is 5.46. The molecule has 13 heavy (non-hydrogen) atoms. The fourth-order valence-electron chi connectivity index (χ4n) is 2.22. The van der Waals surface area contributed by atoms with E-state index in [0.717, 1.165) is 13.0 Å². The van der Waals surface area contributed by atoms with Gasteiger partial charge in [-0.25, -0.2) is 0 Å². The molecule has 0 aliphatic heterocycles. The van der Waals surface area contributed by atoms with Crippen LogP contribution in [0, 0.1) is 0 Å². The van der Waals surface area contributed by atoms with E-state index in [-0.39, 0.29) is 5.54 Å². The summed E-state index contributed by atoms with van der Waals surface area (Å²) in [6, 6.07) is 0. The molecule has 0 spiro atoms. The van der Waals surface area contributed by atoms with Gasteiger partial charge in [-0.3, -0.25) is 4.79 Å². The van der Waals surface area contributed by atoms with Crippen LogP contribution in [-0.2, 0) is 4.79 Å². The SMILES string of the molecule is CN(C)C1(CNC=O)CCCCC1. The maximum atomic E-state index is 10.3. The highest BCUT2D eigenvalue weighted by Gasteiger charge is 2.33. The molecule has 1 N–H and O–H groups in total. The Balaban J connectivity index is 2.55. The summed E-state index contributed by atoms with van der Waals surface area (Å²) in [5, 5.41) is 2.82. The van der Waals surface area contributed by atoms with E-state index in [9.17, 15) is 4.79 Å². The van der Waals surface area contributed by atoms with Crippen LogP contribution >= 0.6 is 0 Å². The van der Waals surface area contributed by atoms with Crippen molar-refractivity contribution in [3.63, 3.8) is 0 Å². The van der Waals surface area contributed by atoms with E-state index < -0.39 is 0 Å². The Morgan fingerprint density at radius 2 is 1.92 bits per heavy atom. The molecule has 0 heterocycles. The molecule has 1 aliphatic rings. The summed E-state index contributed by atoms with van der Waals surface area (Å²) < 4.78 is 0.